The van der Waals surface area contributed by atoms with Gasteiger partial charge < -0.3 is 10.8 Å². The number of hydrogen-bond acceptors (Lipinski definition) is 3. The summed E-state index contributed by atoms with van der Waals surface area (Å²) in [7, 11) is 0. The molecule has 21 heavy (non-hydrogen) atoms. The summed E-state index contributed by atoms with van der Waals surface area (Å²) in [6.45, 7) is 6.62. The van der Waals surface area contributed by atoms with Gasteiger partial charge >= 0.3 is 0 Å². The third-order valence-electron chi connectivity index (χ3n) is 4.20. The fraction of sp³-hybridized carbons (Fsp3) is 0.667. The van der Waals surface area contributed by atoms with Crippen LogP contribution in [0.3, 0.4) is 0 Å². The second kappa shape index (κ2) is 7.17. The van der Waals surface area contributed by atoms with Crippen LogP contribution in [0.25, 0.3) is 0 Å². The molecule has 1 saturated carbocycles. The molecule has 1 aliphatic rings. The average Bonchev–Trinajstić information content (AvgIpc) is 2.45. The molecule has 0 saturated heterocycles. The quantitative estimate of drug-likeness (QED) is 0.804. The van der Waals surface area contributed by atoms with Crippen molar-refractivity contribution in [1.29, 1.82) is 0 Å². The lowest BCUT2D eigenvalue weighted by molar-refractivity contribution is 0.0611. The Bertz CT molecular complexity index is 449. The predicted octanol–water partition coefficient (Wildman–Crippen LogP) is 4.52. The molecule has 0 aliphatic heterocycles. The van der Waals surface area contributed by atoms with Gasteiger partial charge in [0.15, 0.2) is 0 Å². The summed E-state index contributed by atoms with van der Waals surface area (Å²) in [6.07, 6.45) is 5.56. The summed E-state index contributed by atoms with van der Waals surface area (Å²) in [5.74, 6) is 0.362. The molecular formula is C18H29NOS. The van der Waals surface area contributed by atoms with Crippen LogP contribution in [-0.4, -0.2) is 16.0 Å². The molecule has 2 rings (SSSR count). The number of aliphatic hydroxyl groups is 1. The van der Waals surface area contributed by atoms with Crippen molar-refractivity contribution in [2.24, 2.45) is 11.7 Å². The van der Waals surface area contributed by atoms with Crippen LogP contribution >= 0.6 is 11.8 Å². The van der Waals surface area contributed by atoms with E-state index in [1.54, 1.807) is 0 Å². The lowest BCUT2D eigenvalue weighted by Gasteiger charge is -2.32. The van der Waals surface area contributed by atoms with Crippen molar-refractivity contribution >= 4 is 11.8 Å². The Kier molecular flexibility index (Phi) is 5.75. The summed E-state index contributed by atoms with van der Waals surface area (Å²) in [5.41, 5.74) is 7.52. The fourth-order valence-electron chi connectivity index (χ4n) is 3.13. The number of rotatable bonds is 4. The molecule has 0 amide bonds. The Labute approximate surface area is 133 Å². The van der Waals surface area contributed by atoms with E-state index in [1.807, 2.05) is 17.8 Å². The van der Waals surface area contributed by atoms with E-state index in [9.17, 15) is 5.11 Å². The van der Waals surface area contributed by atoms with E-state index in [2.05, 4.69) is 39.0 Å². The molecule has 0 heterocycles. The van der Waals surface area contributed by atoms with Crippen LogP contribution in [0.2, 0.25) is 0 Å². The zero-order chi connectivity index (χ0) is 15.5. The molecular weight excluding hydrogens is 278 g/mol. The SMILES string of the molecule is CC(C)(C)Sc1ccccc1[C@@H](N)[C@@H](O)C1CCCCC1. The first-order valence-electron chi connectivity index (χ1n) is 8.10. The molecule has 0 bridgehead atoms. The van der Waals surface area contributed by atoms with Crippen LogP contribution in [0.1, 0.15) is 64.5 Å². The maximum atomic E-state index is 10.7. The Balaban J connectivity index is 2.16. The van der Waals surface area contributed by atoms with Gasteiger partial charge in [-0.15, -0.1) is 11.8 Å². The molecule has 0 spiro atoms. The largest absolute Gasteiger partial charge is 0.391 e. The van der Waals surface area contributed by atoms with E-state index in [-0.39, 0.29) is 10.8 Å². The molecule has 2 nitrogen and oxygen atoms in total. The summed E-state index contributed by atoms with van der Waals surface area (Å²) in [5, 5.41) is 10.7. The summed E-state index contributed by atoms with van der Waals surface area (Å²) >= 11 is 1.83. The Morgan fingerprint density at radius 3 is 2.38 bits per heavy atom. The number of hydrogen-bond donors (Lipinski definition) is 2. The number of benzene rings is 1. The second-order valence-electron chi connectivity index (χ2n) is 7.17. The summed E-state index contributed by atoms with van der Waals surface area (Å²) in [6, 6.07) is 8.00. The van der Waals surface area contributed by atoms with Gasteiger partial charge in [0, 0.05) is 9.64 Å². The first-order chi connectivity index (χ1) is 9.88. The van der Waals surface area contributed by atoms with E-state index in [4.69, 9.17) is 5.73 Å². The van der Waals surface area contributed by atoms with Gasteiger partial charge in [-0.1, -0.05) is 58.2 Å². The smallest absolute Gasteiger partial charge is 0.0761 e. The lowest BCUT2D eigenvalue weighted by Crippen LogP contribution is -2.34. The summed E-state index contributed by atoms with van der Waals surface area (Å²) < 4.78 is 0.144. The molecule has 0 radical (unpaired) electrons. The molecule has 2 atom stereocenters. The highest BCUT2D eigenvalue weighted by atomic mass is 32.2. The van der Waals surface area contributed by atoms with E-state index >= 15 is 0 Å². The zero-order valence-electron chi connectivity index (χ0n) is 13.5. The Hall–Kier alpha value is -0.510. The van der Waals surface area contributed by atoms with E-state index in [1.165, 1.54) is 24.2 Å². The molecule has 1 fully saturated rings. The van der Waals surface area contributed by atoms with Crippen LogP contribution in [0, 0.1) is 5.92 Å². The van der Waals surface area contributed by atoms with E-state index < -0.39 is 6.10 Å². The molecule has 3 heteroatoms. The zero-order valence-corrected chi connectivity index (χ0v) is 14.3. The highest BCUT2D eigenvalue weighted by Gasteiger charge is 2.29. The molecule has 3 N–H and O–H groups in total. The van der Waals surface area contributed by atoms with Crippen molar-refractivity contribution in [3.8, 4) is 0 Å². The Morgan fingerprint density at radius 2 is 1.76 bits per heavy atom. The second-order valence-corrected chi connectivity index (χ2v) is 9.04. The van der Waals surface area contributed by atoms with Gasteiger partial charge in [-0.25, -0.2) is 0 Å². The molecule has 1 aromatic rings. The highest BCUT2D eigenvalue weighted by molar-refractivity contribution is 8.00. The molecule has 1 aromatic carbocycles. The first kappa shape index (κ1) is 16.9. The lowest BCUT2D eigenvalue weighted by atomic mass is 9.81. The van der Waals surface area contributed by atoms with Crippen molar-refractivity contribution in [2.75, 3.05) is 0 Å². The minimum absolute atomic E-state index is 0.144. The van der Waals surface area contributed by atoms with Crippen LogP contribution in [0.15, 0.2) is 29.2 Å². The molecule has 0 aromatic heterocycles. The van der Waals surface area contributed by atoms with Crippen molar-refractivity contribution < 1.29 is 5.11 Å². The van der Waals surface area contributed by atoms with Gasteiger partial charge in [0.05, 0.1) is 12.1 Å². The molecule has 1 aliphatic carbocycles. The molecule has 0 unspecified atom stereocenters. The third kappa shape index (κ3) is 4.73. The summed E-state index contributed by atoms with van der Waals surface area (Å²) in [4.78, 5) is 1.20. The van der Waals surface area contributed by atoms with Gasteiger partial charge in [-0.05, 0) is 30.4 Å². The third-order valence-corrected chi connectivity index (χ3v) is 5.40. The fourth-order valence-corrected chi connectivity index (χ4v) is 4.26. The Morgan fingerprint density at radius 1 is 1.14 bits per heavy atom. The van der Waals surface area contributed by atoms with Gasteiger partial charge in [-0.2, -0.15) is 0 Å². The monoisotopic (exact) mass is 307 g/mol. The van der Waals surface area contributed by atoms with Gasteiger partial charge in [0.2, 0.25) is 0 Å². The van der Waals surface area contributed by atoms with Crippen LogP contribution < -0.4 is 5.73 Å². The van der Waals surface area contributed by atoms with Crippen molar-refractivity contribution in [3.05, 3.63) is 29.8 Å². The average molecular weight is 308 g/mol. The van der Waals surface area contributed by atoms with Gasteiger partial charge in [-0.3, -0.25) is 0 Å². The predicted molar refractivity (Wildman–Crippen MR) is 91.6 cm³/mol. The standard InChI is InChI=1S/C18H29NOS/c1-18(2,3)21-15-12-8-7-11-14(15)16(19)17(20)13-9-5-4-6-10-13/h7-8,11-13,16-17,20H,4-6,9-10,19H2,1-3H3/t16-,17+/m1/s1. The molecule has 118 valence electrons. The van der Waals surface area contributed by atoms with Crippen LogP contribution in [0.5, 0.6) is 0 Å². The number of thioether (sulfide) groups is 1. The first-order valence-corrected chi connectivity index (χ1v) is 8.92. The van der Waals surface area contributed by atoms with Gasteiger partial charge in [0.25, 0.3) is 0 Å². The number of aliphatic hydroxyl groups excluding tert-OH is 1. The van der Waals surface area contributed by atoms with E-state index in [0.717, 1.165) is 18.4 Å². The topological polar surface area (TPSA) is 46.2 Å². The minimum atomic E-state index is -0.424. The van der Waals surface area contributed by atoms with Crippen LogP contribution in [-0.2, 0) is 0 Å². The maximum absolute atomic E-state index is 10.7. The van der Waals surface area contributed by atoms with Crippen molar-refractivity contribution in [2.45, 2.75) is 74.7 Å². The van der Waals surface area contributed by atoms with Crippen molar-refractivity contribution in [3.63, 3.8) is 0 Å². The number of nitrogens with two attached hydrogens (primary N) is 1. The highest BCUT2D eigenvalue weighted by Crippen LogP contribution is 2.38. The maximum Gasteiger partial charge on any atom is 0.0761 e. The van der Waals surface area contributed by atoms with Crippen LogP contribution in [0.4, 0.5) is 0 Å². The van der Waals surface area contributed by atoms with E-state index in [0.29, 0.717) is 5.92 Å². The normalized spacial score (nSPS) is 20.2. The van der Waals surface area contributed by atoms with Crippen molar-refractivity contribution in [1.82, 2.24) is 0 Å². The van der Waals surface area contributed by atoms with Gasteiger partial charge in [0.1, 0.15) is 0 Å². The minimum Gasteiger partial charge on any atom is -0.391 e.